The second kappa shape index (κ2) is 11.7. The molecule has 0 spiro atoms. The molecule has 7 nitrogen and oxygen atoms in total. The molecular formula is C27H23BrN4O3S2. The second-order valence-electron chi connectivity index (χ2n) is 8.06. The van der Waals surface area contributed by atoms with Crippen molar-refractivity contribution in [1.29, 1.82) is 0 Å². The Morgan fingerprint density at radius 1 is 0.784 bits per heavy atom. The Morgan fingerprint density at radius 3 is 2.00 bits per heavy atom. The first-order valence-electron chi connectivity index (χ1n) is 11.1. The van der Waals surface area contributed by atoms with Gasteiger partial charge in [-0.05, 0) is 65.8 Å². The van der Waals surface area contributed by atoms with Gasteiger partial charge in [0.1, 0.15) is 6.04 Å². The lowest BCUT2D eigenvalue weighted by atomic mass is 10.0. The highest BCUT2D eigenvalue weighted by molar-refractivity contribution is 9.10. The molecule has 1 atom stereocenters. The van der Waals surface area contributed by atoms with Crippen molar-refractivity contribution < 1.29 is 13.2 Å². The highest BCUT2D eigenvalue weighted by Gasteiger charge is 2.22. The van der Waals surface area contributed by atoms with Gasteiger partial charge in [0.25, 0.3) is 5.91 Å². The van der Waals surface area contributed by atoms with E-state index in [2.05, 4.69) is 31.9 Å². The van der Waals surface area contributed by atoms with Crippen molar-refractivity contribution in [3.8, 4) is 11.1 Å². The van der Waals surface area contributed by atoms with Crippen LogP contribution in [-0.4, -0.2) is 19.4 Å². The average Bonchev–Trinajstić information content (AvgIpc) is 2.89. The zero-order valence-electron chi connectivity index (χ0n) is 19.4. The topological polar surface area (TPSA) is 113 Å². The molecule has 37 heavy (non-hydrogen) atoms. The van der Waals surface area contributed by atoms with Gasteiger partial charge in [-0.3, -0.25) is 4.79 Å². The van der Waals surface area contributed by atoms with Crippen molar-refractivity contribution in [2.45, 2.75) is 10.9 Å². The molecule has 5 N–H and O–H groups in total. The molecule has 188 valence electrons. The molecule has 4 aromatic carbocycles. The van der Waals surface area contributed by atoms with Gasteiger partial charge in [-0.1, -0.05) is 76.6 Å². The number of anilines is 2. The van der Waals surface area contributed by atoms with Crippen LogP contribution in [0.4, 0.5) is 11.4 Å². The number of carbonyl (C=O) groups is 1. The van der Waals surface area contributed by atoms with Crippen molar-refractivity contribution in [3.05, 3.63) is 113 Å². The maximum absolute atomic E-state index is 13.3. The summed E-state index contributed by atoms with van der Waals surface area (Å²) in [5, 5.41) is 14.7. The highest BCUT2D eigenvalue weighted by atomic mass is 79.9. The first-order valence-corrected chi connectivity index (χ1v) is 13.9. The number of hydrogen-bond donors (Lipinski definition) is 4. The van der Waals surface area contributed by atoms with Crippen LogP contribution in [-0.2, 0) is 14.8 Å². The molecule has 4 rings (SSSR count). The third-order valence-electron chi connectivity index (χ3n) is 5.43. The Kier molecular flexibility index (Phi) is 8.34. The van der Waals surface area contributed by atoms with Gasteiger partial charge in [-0.25, -0.2) is 13.6 Å². The lowest BCUT2D eigenvalue weighted by molar-refractivity contribution is -0.117. The lowest BCUT2D eigenvalue weighted by Crippen LogP contribution is -2.39. The standard InChI is InChI=1S/C27H23BrN4O3S2/c28-20-12-16-22(17-13-20)31-27(36)32-25(19-6-2-1-3-7-19)26(33)30-21-14-10-18(11-15-21)23-8-4-5-9-24(23)37(29,34)35/h1-17,25H,(H,30,33)(H2,29,34,35)(H2,31,32,36). The van der Waals surface area contributed by atoms with Gasteiger partial charge >= 0.3 is 0 Å². The lowest BCUT2D eigenvalue weighted by Gasteiger charge is -2.21. The first kappa shape index (κ1) is 26.5. The molecule has 1 amide bonds. The van der Waals surface area contributed by atoms with Crippen LogP contribution in [0.15, 0.2) is 112 Å². The minimum atomic E-state index is -3.89. The molecule has 0 aliphatic heterocycles. The largest absolute Gasteiger partial charge is 0.347 e. The van der Waals surface area contributed by atoms with Gasteiger partial charge in [0.2, 0.25) is 10.0 Å². The van der Waals surface area contributed by atoms with Crippen LogP contribution in [0.1, 0.15) is 11.6 Å². The summed E-state index contributed by atoms with van der Waals surface area (Å²) in [6.07, 6.45) is 0. The third kappa shape index (κ3) is 7.01. The quantitative estimate of drug-likeness (QED) is 0.212. The molecule has 10 heteroatoms. The molecule has 4 aromatic rings. The zero-order chi connectivity index (χ0) is 26.4. The fourth-order valence-electron chi connectivity index (χ4n) is 3.68. The van der Waals surface area contributed by atoms with E-state index in [0.29, 0.717) is 21.9 Å². The molecule has 0 fully saturated rings. The van der Waals surface area contributed by atoms with Gasteiger partial charge in [0.05, 0.1) is 4.90 Å². The monoisotopic (exact) mass is 594 g/mol. The summed E-state index contributed by atoms with van der Waals surface area (Å²) in [4.78, 5) is 13.4. The number of sulfonamides is 1. The van der Waals surface area contributed by atoms with Gasteiger partial charge in [0.15, 0.2) is 5.11 Å². The van der Waals surface area contributed by atoms with Gasteiger partial charge in [-0.2, -0.15) is 0 Å². The van der Waals surface area contributed by atoms with E-state index in [1.807, 2.05) is 54.6 Å². The fraction of sp³-hybridized carbons (Fsp3) is 0.0370. The summed E-state index contributed by atoms with van der Waals surface area (Å²) in [6, 6.07) is 29.3. The van der Waals surface area contributed by atoms with E-state index in [1.54, 1.807) is 42.5 Å². The zero-order valence-corrected chi connectivity index (χ0v) is 22.6. The van der Waals surface area contributed by atoms with E-state index in [1.165, 1.54) is 6.07 Å². The van der Waals surface area contributed by atoms with Crippen molar-refractivity contribution in [2.24, 2.45) is 5.14 Å². The van der Waals surface area contributed by atoms with Crippen LogP contribution < -0.4 is 21.1 Å². The molecule has 0 bridgehead atoms. The summed E-state index contributed by atoms with van der Waals surface area (Å²) < 4.78 is 24.9. The Balaban J connectivity index is 1.52. The predicted octanol–water partition coefficient (Wildman–Crippen LogP) is 5.43. The van der Waals surface area contributed by atoms with Crippen molar-refractivity contribution in [3.63, 3.8) is 0 Å². The van der Waals surface area contributed by atoms with Crippen molar-refractivity contribution in [1.82, 2.24) is 5.32 Å². The number of halogens is 1. The minimum Gasteiger partial charge on any atom is -0.347 e. The Morgan fingerprint density at radius 2 is 1.35 bits per heavy atom. The maximum Gasteiger partial charge on any atom is 0.251 e. The van der Waals surface area contributed by atoms with Gasteiger partial charge in [0, 0.05) is 21.4 Å². The molecule has 0 aliphatic carbocycles. The number of nitrogens with one attached hydrogen (secondary N) is 3. The molecule has 0 aromatic heterocycles. The van der Waals surface area contributed by atoms with E-state index >= 15 is 0 Å². The number of rotatable bonds is 7. The number of primary sulfonamides is 1. The Labute approximate surface area is 229 Å². The molecule has 0 aliphatic rings. The normalized spacial score (nSPS) is 11.8. The van der Waals surface area contributed by atoms with Crippen LogP contribution in [0.5, 0.6) is 0 Å². The van der Waals surface area contributed by atoms with Crippen LogP contribution in [0.25, 0.3) is 11.1 Å². The highest BCUT2D eigenvalue weighted by Crippen LogP contribution is 2.28. The summed E-state index contributed by atoms with van der Waals surface area (Å²) >= 11 is 8.87. The average molecular weight is 596 g/mol. The van der Waals surface area contributed by atoms with E-state index < -0.39 is 16.1 Å². The summed E-state index contributed by atoms with van der Waals surface area (Å²) in [7, 11) is -3.89. The van der Waals surface area contributed by atoms with Crippen LogP contribution in [0, 0.1) is 0 Å². The van der Waals surface area contributed by atoms with E-state index in [9.17, 15) is 13.2 Å². The number of carbonyl (C=O) groups excluding carboxylic acids is 1. The number of thiocarbonyl (C=S) groups is 1. The Bertz CT molecular complexity index is 1510. The van der Waals surface area contributed by atoms with E-state index in [0.717, 1.165) is 15.7 Å². The number of amides is 1. The molecule has 0 radical (unpaired) electrons. The van der Waals surface area contributed by atoms with E-state index in [4.69, 9.17) is 17.4 Å². The first-order chi connectivity index (χ1) is 17.7. The molecule has 0 saturated heterocycles. The molecule has 0 saturated carbocycles. The number of nitrogens with two attached hydrogens (primary N) is 1. The van der Waals surface area contributed by atoms with Gasteiger partial charge < -0.3 is 16.0 Å². The van der Waals surface area contributed by atoms with Crippen LogP contribution >= 0.6 is 28.1 Å². The van der Waals surface area contributed by atoms with Gasteiger partial charge in [-0.15, -0.1) is 0 Å². The summed E-state index contributed by atoms with van der Waals surface area (Å²) in [6.45, 7) is 0. The predicted molar refractivity (Wildman–Crippen MR) is 155 cm³/mol. The van der Waals surface area contributed by atoms with Crippen molar-refractivity contribution >= 4 is 60.6 Å². The summed E-state index contributed by atoms with van der Waals surface area (Å²) in [5.41, 5.74) is 3.19. The number of benzene rings is 4. The molecule has 0 heterocycles. The molecular weight excluding hydrogens is 572 g/mol. The van der Waals surface area contributed by atoms with E-state index in [-0.39, 0.29) is 10.8 Å². The minimum absolute atomic E-state index is 0.0342. The third-order valence-corrected chi connectivity index (χ3v) is 7.15. The maximum atomic E-state index is 13.3. The smallest absolute Gasteiger partial charge is 0.251 e. The Hall–Kier alpha value is -3.57. The molecule has 1 unspecified atom stereocenters. The van der Waals surface area contributed by atoms with Crippen LogP contribution in [0.3, 0.4) is 0 Å². The SMILES string of the molecule is NS(=O)(=O)c1ccccc1-c1ccc(NC(=O)C(NC(=S)Nc2ccc(Br)cc2)c2ccccc2)cc1. The fourth-order valence-corrected chi connectivity index (χ4v) is 4.94. The summed E-state index contributed by atoms with van der Waals surface area (Å²) in [5.74, 6) is -0.316. The number of hydrogen-bond acceptors (Lipinski definition) is 4. The van der Waals surface area contributed by atoms with Crippen LogP contribution in [0.2, 0.25) is 0 Å². The van der Waals surface area contributed by atoms with Crippen molar-refractivity contribution in [2.75, 3.05) is 10.6 Å². The second-order valence-corrected chi connectivity index (χ2v) is 10.9.